The lowest BCUT2D eigenvalue weighted by molar-refractivity contribution is 0.264. The number of hydrogen-bond donors (Lipinski definition) is 1. The van der Waals surface area contributed by atoms with Gasteiger partial charge in [0, 0.05) is 17.8 Å². The zero-order chi connectivity index (χ0) is 14.0. The molecule has 2 heterocycles. The molecule has 20 heavy (non-hydrogen) atoms. The molecule has 0 atom stereocenters. The molecule has 0 bridgehead atoms. The maximum atomic E-state index is 11.3. The molecule has 2 aromatic heterocycles. The van der Waals surface area contributed by atoms with Gasteiger partial charge in [-0.1, -0.05) is 24.4 Å². The van der Waals surface area contributed by atoms with Crippen LogP contribution in [0.25, 0.3) is 11.4 Å². The van der Waals surface area contributed by atoms with Crippen molar-refractivity contribution in [3.63, 3.8) is 0 Å². The van der Waals surface area contributed by atoms with E-state index in [1.807, 2.05) is 0 Å². The predicted molar refractivity (Wildman–Crippen MR) is 70.7 cm³/mol. The first-order chi connectivity index (χ1) is 9.73. The van der Waals surface area contributed by atoms with Gasteiger partial charge in [0.25, 0.3) is 0 Å². The summed E-state index contributed by atoms with van der Waals surface area (Å²) >= 11 is 0. The lowest BCUT2D eigenvalue weighted by Gasteiger charge is -2.26. The van der Waals surface area contributed by atoms with Crippen LogP contribution in [0.4, 0.5) is 0 Å². The van der Waals surface area contributed by atoms with E-state index >= 15 is 0 Å². The number of nitriles is 1. The maximum Gasteiger partial charge on any atom is 0.248 e. The monoisotopic (exact) mass is 270 g/mol. The quantitative estimate of drug-likeness (QED) is 0.902. The number of hydrogen-bond acceptors (Lipinski definition) is 5. The summed E-state index contributed by atoms with van der Waals surface area (Å²) in [6, 6.07) is 5.46. The molecular weight excluding hydrogens is 256 g/mol. The van der Waals surface area contributed by atoms with Gasteiger partial charge in [-0.25, -0.2) is 0 Å². The topological polar surface area (TPSA) is 95.6 Å². The van der Waals surface area contributed by atoms with Crippen molar-refractivity contribution >= 4 is 0 Å². The molecule has 1 aliphatic rings. The van der Waals surface area contributed by atoms with Crippen LogP contribution < -0.4 is 5.56 Å². The van der Waals surface area contributed by atoms with E-state index in [1.165, 1.54) is 12.3 Å². The highest BCUT2D eigenvalue weighted by Crippen LogP contribution is 2.38. The highest BCUT2D eigenvalue weighted by atomic mass is 16.5. The van der Waals surface area contributed by atoms with Gasteiger partial charge >= 0.3 is 0 Å². The Bertz CT molecular complexity index is 704. The van der Waals surface area contributed by atoms with E-state index < -0.39 is 5.41 Å². The van der Waals surface area contributed by atoms with Gasteiger partial charge in [0.15, 0.2) is 0 Å². The molecule has 0 unspecified atom stereocenters. The largest absolute Gasteiger partial charge is 0.337 e. The molecule has 6 heteroatoms. The first-order valence-electron chi connectivity index (χ1n) is 6.68. The minimum absolute atomic E-state index is 0.221. The highest BCUT2D eigenvalue weighted by Gasteiger charge is 2.39. The second kappa shape index (κ2) is 4.93. The Morgan fingerprint density at radius 3 is 2.85 bits per heavy atom. The average molecular weight is 270 g/mol. The van der Waals surface area contributed by atoms with Crippen molar-refractivity contribution < 1.29 is 4.52 Å². The molecule has 102 valence electrons. The summed E-state index contributed by atoms with van der Waals surface area (Å²) in [6.45, 7) is 0. The molecular formula is C14H14N4O2. The summed E-state index contributed by atoms with van der Waals surface area (Å²) in [5.41, 5.74) is -0.292. The third kappa shape index (κ3) is 2.11. The van der Waals surface area contributed by atoms with Gasteiger partial charge in [0.05, 0.1) is 6.07 Å². The predicted octanol–water partition coefficient (Wildman–Crippen LogP) is 2.15. The second-order valence-corrected chi connectivity index (χ2v) is 5.12. The molecule has 0 spiro atoms. The fourth-order valence-electron chi connectivity index (χ4n) is 2.65. The lowest BCUT2D eigenvalue weighted by Crippen LogP contribution is -2.27. The van der Waals surface area contributed by atoms with Gasteiger partial charge in [0.1, 0.15) is 5.41 Å². The van der Waals surface area contributed by atoms with Gasteiger partial charge in [-0.3, -0.25) is 4.79 Å². The Labute approximate surface area is 115 Å². The molecule has 0 aromatic carbocycles. The van der Waals surface area contributed by atoms with Gasteiger partial charge in [0.2, 0.25) is 17.3 Å². The summed E-state index contributed by atoms with van der Waals surface area (Å²) in [7, 11) is 0. The van der Waals surface area contributed by atoms with Crippen molar-refractivity contribution in [2.24, 2.45) is 0 Å². The number of aromatic amines is 1. The summed E-state index contributed by atoms with van der Waals surface area (Å²) in [5, 5.41) is 13.4. The first kappa shape index (κ1) is 12.6. The van der Waals surface area contributed by atoms with Crippen LogP contribution in [-0.2, 0) is 5.41 Å². The van der Waals surface area contributed by atoms with E-state index in [9.17, 15) is 10.1 Å². The number of nitrogens with zero attached hydrogens (tertiary/aromatic N) is 3. The van der Waals surface area contributed by atoms with Crippen LogP contribution in [0.1, 0.15) is 38.0 Å². The maximum absolute atomic E-state index is 11.3. The summed E-state index contributed by atoms with van der Waals surface area (Å²) in [4.78, 5) is 18.2. The normalized spacial score (nSPS) is 17.6. The fourth-order valence-corrected chi connectivity index (χ4v) is 2.65. The number of rotatable bonds is 2. The standard InChI is InChI=1S/C14H14N4O2/c15-9-14(5-2-1-3-6-14)13-17-12(18-20-13)10-4-7-16-11(19)8-10/h4,7-8H,1-3,5-6H2,(H,16,19). The molecule has 1 saturated carbocycles. The van der Waals surface area contributed by atoms with E-state index in [4.69, 9.17) is 4.52 Å². The Morgan fingerprint density at radius 2 is 2.15 bits per heavy atom. The fraction of sp³-hybridized carbons (Fsp3) is 0.429. The molecule has 1 N–H and O–H groups in total. The van der Waals surface area contributed by atoms with Gasteiger partial charge < -0.3 is 9.51 Å². The molecule has 3 rings (SSSR count). The molecule has 0 radical (unpaired) electrons. The van der Waals surface area contributed by atoms with Crippen molar-refractivity contribution in [1.82, 2.24) is 15.1 Å². The minimum Gasteiger partial charge on any atom is -0.337 e. The van der Waals surface area contributed by atoms with Gasteiger partial charge in [-0.2, -0.15) is 10.2 Å². The zero-order valence-electron chi connectivity index (χ0n) is 10.9. The van der Waals surface area contributed by atoms with E-state index in [1.54, 1.807) is 6.07 Å². The number of pyridine rings is 1. The Kier molecular flexibility index (Phi) is 3.11. The van der Waals surface area contributed by atoms with Crippen LogP contribution in [0, 0.1) is 11.3 Å². The van der Waals surface area contributed by atoms with E-state index in [0.29, 0.717) is 17.3 Å². The van der Waals surface area contributed by atoms with Gasteiger partial charge in [-0.15, -0.1) is 0 Å². The molecule has 0 amide bonds. The summed E-state index contributed by atoms with van der Waals surface area (Å²) < 4.78 is 5.30. The Hall–Kier alpha value is -2.42. The van der Waals surface area contributed by atoms with Crippen LogP contribution in [0.5, 0.6) is 0 Å². The smallest absolute Gasteiger partial charge is 0.248 e. The minimum atomic E-state index is -0.662. The van der Waals surface area contributed by atoms with Crippen molar-refractivity contribution in [2.45, 2.75) is 37.5 Å². The lowest BCUT2D eigenvalue weighted by atomic mass is 9.75. The number of aromatic nitrogens is 3. The summed E-state index contributed by atoms with van der Waals surface area (Å²) in [5.74, 6) is 0.723. The van der Waals surface area contributed by atoms with E-state index in [0.717, 1.165) is 32.1 Å². The Morgan fingerprint density at radius 1 is 1.35 bits per heavy atom. The third-order valence-corrected chi connectivity index (χ3v) is 3.79. The first-order valence-corrected chi connectivity index (χ1v) is 6.68. The van der Waals surface area contributed by atoms with Gasteiger partial charge in [-0.05, 0) is 18.9 Å². The van der Waals surface area contributed by atoms with Crippen LogP contribution >= 0.6 is 0 Å². The molecule has 0 saturated heterocycles. The van der Waals surface area contributed by atoms with Crippen LogP contribution in [0.15, 0.2) is 27.6 Å². The van der Waals surface area contributed by atoms with Crippen molar-refractivity contribution in [1.29, 1.82) is 5.26 Å². The van der Waals surface area contributed by atoms with Crippen LogP contribution in [0.3, 0.4) is 0 Å². The molecule has 2 aromatic rings. The van der Waals surface area contributed by atoms with Crippen LogP contribution in [0.2, 0.25) is 0 Å². The van der Waals surface area contributed by atoms with E-state index in [2.05, 4.69) is 21.2 Å². The van der Waals surface area contributed by atoms with Crippen LogP contribution in [-0.4, -0.2) is 15.1 Å². The highest BCUT2D eigenvalue weighted by molar-refractivity contribution is 5.53. The third-order valence-electron chi connectivity index (χ3n) is 3.79. The molecule has 1 fully saturated rings. The zero-order valence-corrected chi connectivity index (χ0v) is 10.9. The average Bonchev–Trinajstić information content (AvgIpc) is 2.98. The van der Waals surface area contributed by atoms with Crippen molar-refractivity contribution in [3.05, 3.63) is 34.6 Å². The second-order valence-electron chi connectivity index (χ2n) is 5.12. The van der Waals surface area contributed by atoms with E-state index in [-0.39, 0.29) is 5.56 Å². The Balaban J connectivity index is 1.98. The molecule has 6 nitrogen and oxygen atoms in total. The molecule has 1 aliphatic carbocycles. The molecule has 0 aliphatic heterocycles. The number of nitrogens with one attached hydrogen (secondary N) is 1. The summed E-state index contributed by atoms with van der Waals surface area (Å²) in [6.07, 6.45) is 6.17. The number of H-pyrrole nitrogens is 1. The van der Waals surface area contributed by atoms with Crippen molar-refractivity contribution in [3.8, 4) is 17.5 Å². The van der Waals surface area contributed by atoms with Crippen molar-refractivity contribution in [2.75, 3.05) is 0 Å². The SMILES string of the molecule is N#CC1(c2nc(-c3cc[nH]c(=O)c3)no2)CCCCC1.